The molecule has 0 bridgehead atoms. The van der Waals surface area contributed by atoms with E-state index < -0.39 is 5.95 Å². The molecule has 1 aliphatic heterocycles. The Bertz CT molecular complexity index is 528. The summed E-state index contributed by atoms with van der Waals surface area (Å²) < 4.78 is 18.5. The largest absolute Gasteiger partial charge is 0.472 e. The van der Waals surface area contributed by atoms with Gasteiger partial charge >= 0.3 is 0 Å². The zero-order valence-electron chi connectivity index (χ0n) is 11.3. The predicted molar refractivity (Wildman–Crippen MR) is 73.8 cm³/mol. The summed E-state index contributed by atoms with van der Waals surface area (Å²) in [6.45, 7) is 3.02. The first-order valence-electron chi connectivity index (χ1n) is 6.56. The highest BCUT2D eigenvalue weighted by Crippen LogP contribution is 2.17. The van der Waals surface area contributed by atoms with Crippen molar-refractivity contribution in [2.45, 2.75) is 19.4 Å². The van der Waals surface area contributed by atoms with Crippen molar-refractivity contribution in [2.24, 2.45) is 0 Å². The van der Waals surface area contributed by atoms with Crippen molar-refractivity contribution in [1.29, 1.82) is 0 Å². The monoisotopic (exact) mass is 276 g/mol. The molecule has 106 valence electrons. The first kappa shape index (κ1) is 14.2. The standard InChI is InChI=1S/C15H17FN2O2/c1-2-3-4-8-15(19)18-10-9-12(11-18)20-14-7-5-6-13(16)17-14/h2-8,12H,9-11H2,1H3/b3-2+,8-4+. The molecule has 1 unspecified atom stereocenters. The molecule has 1 aromatic rings. The maximum atomic E-state index is 12.9. The number of halogens is 1. The molecule has 0 radical (unpaired) electrons. The van der Waals surface area contributed by atoms with E-state index in [-0.39, 0.29) is 17.9 Å². The van der Waals surface area contributed by atoms with E-state index in [4.69, 9.17) is 4.74 Å². The Balaban J connectivity index is 1.87. The minimum absolute atomic E-state index is 0.0404. The number of nitrogens with zero attached hydrogens (tertiary/aromatic N) is 2. The number of likely N-dealkylation sites (tertiary alicyclic amines) is 1. The Labute approximate surface area is 117 Å². The van der Waals surface area contributed by atoms with E-state index in [9.17, 15) is 9.18 Å². The van der Waals surface area contributed by atoms with E-state index in [1.807, 2.05) is 13.0 Å². The fourth-order valence-corrected chi connectivity index (χ4v) is 2.00. The molecular formula is C15H17FN2O2. The summed E-state index contributed by atoms with van der Waals surface area (Å²) >= 11 is 0. The molecule has 4 nitrogen and oxygen atoms in total. The summed E-state index contributed by atoms with van der Waals surface area (Å²) in [7, 11) is 0. The van der Waals surface area contributed by atoms with Crippen LogP contribution in [0.5, 0.6) is 5.88 Å². The average Bonchev–Trinajstić information content (AvgIpc) is 2.87. The van der Waals surface area contributed by atoms with Gasteiger partial charge in [0.05, 0.1) is 6.54 Å². The number of rotatable bonds is 4. The average molecular weight is 276 g/mol. The molecule has 0 N–H and O–H groups in total. The smallest absolute Gasteiger partial charge is 0.246 e. The van der Waals surface area contributed by atoms with E-state index in [1.54, 1.807) is 29.2 Å². The van der Waals surface area contributed by atoms with Gasteiger partial charge in [-0.3, -0.25) is 4.79 Å². The molecule has 1 atom stereocenters. The number of hydrogen-bond donors (Lipinski definition) is 0. The minimum atomic E-state index is -0.567. The lowest BCUT2D eigenvalue weighted by Crippen LogP contribution is -2.29. The fraction of sp³-hybridized carbons (Fsp3) is 0.333. The Morgan fingerprint density at radius 2 is 2.35 bits per heavy atom. The zero-order valence-corrected chi connectivity index (χ0v) is 11.3. The predicted octanol–water partition coefficient (Wildman–Crippen LogP) is 2.33. The van der Waals surface area contributed by atoms with Gasteiger partial charge in [-0.2, -0.15) is 9.37 Å². The number of carbonyl (C=O) groups is 1. The highest BCUT2D eigenvalue weighted by molar-refractivity contribution is 5.88. The summed E-state index contributed by atoms with van der Waals surface area (Å²) in [5.41, 5.74) is 0. The first-order valence-corrected chi connectivity index (χ1v) is 6.56. The third kappa shape index (κ3) is 3.91. The van der Waals surface area contributed by atoms with E-state index in [2.05, 4.69) is 4.98 Å². The molecule has 0 aromatic carbocycles. The van der Waals surface area contributed by atoms with E-state index >= 15 is 0 Å². The molecule has 2 rings (SSSR count). The number of amides is 1. The van der Waals surface area contributed by atoms with Crippen LogP contribution < -0.4 is 4.74 Å². The molecule has 0 aliphatic carbocycles. The summed E-state index contributed by atoms with van der Waals surface area (Å²) in [6, 6.07) is 4.43. The fourth-order valence-electron chi connectivity index (χ4n) is 2.00. The lowest BCUT2D eigenvalue weighted by Gasteiger charge is -2.15. The Hall–Kier alpha value is -2.17. The van der Waals surface area contributed by atoms with Gasteiger partial charge in [0, 0.05) is 25.1 Å². The van der Waals surface area contributed by atoms with Crippen LogP contribution in [-0.2, 0) is 4.79 Å². The normalized spacial score (nSPS) is 19.1. The third-order valence-corrected chi connectivity index (χ3v) is 2.98. The summed E-state index contributed by atoms with van der Waals surface area (Å²) in [5, 5.41) is 0. The van der Waals surface area contributed by atoms with E-state index in [0.717, 1.165) is 6.42 Å². The summed E-state index contributed by atoms with van der Waals surface area (Å²) in [4.78, 5) is 17.2. The second-order valence-electron chi connectivity index (χ2n) is 4.50. The number of hydrogen-bond acceptors (Lipinski definition) is 3. The van der Waals surface area contributed by atoms with Gasteiger partial charge in [-0.1, -0.05) is 24.3 Å². The number of allylic oxidation sites excluding steroid dienone is 3. The van der Waals surface area contributed by atoms with Crippen molar-refractivity contribution >= 4 is 5.91 Å². The summed E-state index contributed by atoms with van der Waals surface area (Å²) in [6.07, 6.45) is 7.49. The van der Waals surface area contributed by atoms with Gasteiger partial charge in [-0.25, -0.2) is 0 Å². The van der Waals surface area contributed by atoms with Crippen LogP contribution in [0.1, 0.15) is 13.3 Å². The van der Waals surface area contributed by atoms with Crippen LogP contribution in [0, 0.1) is 5.95 Å². The first-order chi connectivity index (χ1) is 9.69. The molecule has 5 heteroatoms. The van der Waals surface area contributed by atoms with E-state index in [0.29, 0.717) is 13.1 Å². The van der Waals surface area contributed by atoms with Crippen LogP contribution in [0.3, 0.4) is 0 Å². The molecule has 2 heterocycles. The van der Waals surface area contributed by atoms with Crippen LogP contribution >= 0.6 is 0 Å². The second-order valence-corrected chi connectivity index (χ2v) is 4.50. The highest BCUT2D eigenvalue weighted by atomic mass is 19.1. The number of aromatic nitrogens is 1. The Kier molecular flexibility index (Phi) is 4.87. The lowest BCUT2D eigenvalue weighted by atomic mass is 10.3. The minimum Gasteiger partial charge on any atom is -0.472 e. The maximum Gasteiger partial charge on any atom is 0.246 e. The van der Waals surface area contributed by atoms with Gasteiger partial charge < -0.3 is 9.64 Å². The quantitative estimate of drug-likeness (QED) is 0.481. The van der Waals surface area contributed by atoms with Gasteiger partial charge in [0.2, 0.25) is 17.7 Å². The van der Waals surface area contributed by atoms with Crippen molar-refractivity contribution in [3.05, 3.63) is 48.5 Å². The van der Waals surface area contributed by atoms with Crippen LogP contribution in [0.4, 0.5) is 4.39 Å². The second kappa shape index (κ2) is 6.84. The van der Waals surface area contributed by atoms with Gasteiger partial charge in [-0.05, 0) is 13.0 Å². The Morgan fingerprint density at radius 3 is 3.10 bits per heavy atom. The van der Waals surface area contributed by atoms with Crippen molar-refractivity contribution in [3.8, 4) is 5.88 Å². The molecule has 1 aromatic heterocycles. The molecule has 20 heavy (non-hydrogen) atoms. The molecule has 0 saturated carbocycles. The van der Waals surface area contributed by atoms with Gasteiger partial charge in [0.1, 0.15) is 6.10 Å². The lowest BCUT2D eigenvalue weighted by molar-refractivity contribution is -0.125. The van der Waals surface area contributed by atoms with Crippen molar-refractivity contribution in [3.63, 3.8) is 0 Å². The van der Waals surface area contributed by atoms with Gasteiger partial charge in [-0.15, -0.1) is 0 Å². The third-order valence-electron chi connectivity index (χ3n) is 2.98. The molecular weight excluding hydrogens is 259 g/mol. The van der Waals surface area contributed by atoms with Gasteiger partial charge in [0.25, 0.3) is 0 Å². The highest BCUT2D eigenvalue weighted by Gasteiger charge is 2.26. The van der Waals surface area contributed by atoms with Crippen molar-refractivity contribution < 1.29 is 13.9 Å². The Morgan fingerprint density at radius 1 is 1.50 bits per heavy atom. The van der Waals surface area contributed by atoms with Gasteiger partial charge in [0.15, 0.2) is 0 Å². The van der Waals surface area contributed by atoms with Crippen LogP contribution in [-0.4, -0.2) is 35.0 Å². The SMILES string of the molecule is C/C=C/C=C/C(=O)N1CCC(Oc2cccc(F)n2)C1. The molecule has 1 saturated heterocycles. The molecule has 1 amide bonds. The number of pyridine rings is 1. The molecule has 0 spiro atoms. The molecule has 1 fully saturated rings. The van der Waals surface area contributed by atoms with Crippen molar-refractivity contribution in [2.75, 3.05) is 13.1 Å². The van der Waals surface area contributed by atoms with E-state index in [1.165, 1.54) is 12.1 Å². The van der Waals surface area contributed by atoms with Crippen molar-refractivity contribution in [1.82, 2.24) is 9.88 Å². The van der Waals surface area contributed by atoms with Crippen LogP contribution in [0.2, 0.25) is 0 Å². The maximum absolute atomic E-state index is 12.9. The number of carbonyl (C=O) groups excluding carboxylic acids is 1. The topological polar surface area (TPSA) is 42.4 Å². The van der Waals surface area contributed by atoms with Crippen LogP contribution in [0.25, 0.3) is 0 Å². The number of ether oxygens (including phenoxy) is 1. The molecule has 1 aliphatic rings. The van der Waals surface area contributed by atoms with Crippen LogP contribution in [0.15, 0.2) is 42.5 Å². The summed E-state index contributed by atoms with van der Waals surface area (Å²) in [5.74, 6) is -0.349. The zero-order chi connectivity index (χ0) is 14.4.